The summed E-state index contributed by atoms with van der Waals surface area (Å²) in [5, 5.41) is 17.0. The Kier molecular flexibility index (Phi) is 4.09. The molecule has 0 spiro atoms. The molecule has 1 aromatic carbocycles. The van der Waals surface area contributed by atoms with Crippen LogP contribution in [0.2, 0.25) is 0 Å². The molecular weight excluding hydrogens is 283 g/mol. The molecule has 5 nitrogen and oxygen atoms in total. The van der Waals surface area contributed by atoms with Crippen molar-refractivity contribution in [3.63, 3.8) is 0 Å². The van der Waals surface area contributed by atoms with Gasteiger partial charge in [-0.25, -0.2) is 0 Å². The number of benzene rings is 1. The first-order chi connectivity index (χ1) is 9.49. The fraction of sp³-hybridized carbons (Fsp3) is 0.154. The van der Waals surface area contributed by atoms with Crippen LogP contribution >= 0.6 is 11.3 Å². The Labute approximate surface area is 118 Å². The minimum atomic E-state index is -1.02. The van der Waals surface area contributed by atoms with Gasteiger partial charge in [-0.1, -0.05) is 0 Å². The minimum absolute atomic E-state index is 0.0511. The van der Waals surface area contributed by atoms with Crippen molar-refractivity contribution >= 4 is 22.9 Å². The Morgan fingerprint density at radius 2 is 2.20 bits per heavy atom. The first-order valence-electron chi connectivity index (χ1n) is 5.76. The number of hydrogen-bond donors (Lipinski definition) is 1. The monoisotopic (exact) mass is 294 g/mol. The van der Waals surface area contributed by atoms with Crippen LogP contribution in [0.1, 0.15) is 28.9 Å². The minimum Gasteiger partial charge on any atom is -0.345 e. The van der Waals surface area contributed by atoms with Crippen molar-refractivity contribution in [1.82, 2.24) is 5.32 Å². The molecule has 1 unspecified atom stereocenters. The lowest BCUT2D eigenvalue weighted by atomic mass is 10.1. The molecule has 0 fully saturated rings. The number of rotatable bonds is 4. The number of carbonyl (C=O) groups is 1. The zero-order chi connectivity index (χ0) is 14.7. The first kappa shape index (κ1) is 14.1. The van der Waals surface area contributed by atoms with Crippen molar-refractivity contribution in [2.24, 2.45) is 0 Å². The average molecular weight is 294 g/mol. The summed E-state index contributed by atoms with van der Waals surface area (Å²) in [4.78, 5) is 21.6. The molecule has 0 aliphatic rings. The largest absolute Gasteiger partial charge is 0.345 e. The Balaban J connectivity index is 2.14. The Morgan fingerprint density at radius 1 is 1.45 bits per heavy atom. The quantitative estimate of drug-likeness (QED) is 0.694. The van der Waals surface area contributed by atoms with E-state index in [0.29, 0.717) is 0 Å². The van der Waals surface area contributed by atoms with Gasteiger partial charge in [0, 0.05) is 11.6 Å². The van der Waals surface area contributed by atoms with E-state index in [-0.39, 0.29) is 11.6 Å². The fourth-order valence-electron chi connectivity index (χ4n) is 1.68. The van der Waals surface area contributed by atoms with Gasteiger partial charge in [-0.3, -0.25) is 14.9 Å². The van der Waals surface area contributed by atoms with Gasteiger partial charge in [0.2, 0.25) is 5.82 Å². The van der Waals surface area contributed by atoms with Gasteiger partial charge in [0.1, 0.15) is 0 Å². The highest BCUT2D eigenvalue weighted by molar-refractivity contribution is 7.07. The van der Waals surface area contributed by atoms with E-state index in [2.05, 4.69) is 5.32 Å². The summed E-state index contributed by atoms with van der Waals surface area (Å²) >= 11 is 1.51. The lowest BCUT2D eigenvalue weighted by Gasteiger charge is -2.12. The van der Waals surface area contributed by atoms with Gasteiger partial charge in [-0.05, 0) is 41.4 Å². The molecule has 0 aliphatic heterocycles. The highest BCUT2D eigenvalue weighted by atomic mass is 32.1. The maximum atomic E-state index is 13.5. The zero-order valence-electron chi connectivity index (χ0n) is 10.5. The number of nitrogens with one attached hydrogen (secondary N) is 1. The SMILES string of the molecule is CC(NC(=O)c1ccc([N+](=O)[O-])c(F)c1)c1ccsc1. The van der Waals surface area contributed by atoms with Crippen molar-refractivity contribution < 1.29 is 14.1 Å². The number of carbonyl (C=O) groups excluding carboxylic acids is 1. The molecule has 1 heterocycles. The summed E-state index contributed by atoms with van der Waals surface area (Å²) in [5.41, 5.74) is 0.355. The molecule has 104 valence electrons. The molecule has 7 heteroatoms. The fourth-order valence-corrected chi connectivity index (χ4v) is 2.43. The van der Waals surface area contributed by atoms with Crippen LogP contribution < -0.4 is 5.32 Å². The van der Waals surface area contributed by atoms with Crippen molar-refractivity contribution in [3.8, 4) is 0 Å². The van der Waals surface area contributed by atoms with Crippen LogP contribution in [0.25, 0.3) is 0 Å². The summed E-state index contributed by atoms with van der Waals surface area (Å²) in [7, 11) is 0. The molecule has 0 radical (unpaired) electrons. The first-order valence-corrected chi connectivity index (χ1v) is 6.70. The molecule has 0 aliphatic carbocycles. The number of nitro groups is 1. The Hall–Kier alpha value is -2.28. The molecule has 0 saturated heterocycles. The number of nitrogens with zero attached hydrogens (tertiary/aromatic N) is 1. The average Bonchev–Trinajstić information content (AvgIpc) is 2.91. The molecule has 1 amide bonds. The summed E-state index contributed by atoms with van der Waals surface area (Å²) < 4.78 is 13.5. The number of nitro benzene ring substituents is 1. The Bertz CT molecular complexity index is 643. The van der Waals surface area contributed by atoms with E-state index in [4.69, 9.17) is 0 Å². The highest BCUT2D eigenvalue weighted by Gasteiger charge is 2.18. The third kappa shape index (κ3) is 3.00. The van der Waals surface area contributed by atoms with E-state index in [9.17, 15) is 19.3 Å². The summed E-state index contributed by atoms with van der Waals surface area (Å²) in [6, 6.07) is 4.75. The summed E-state index contributed by atoms with van der Waals surface area (Å²) in [6.45, 7) is 1.81. The molecular formula is C13H11FN2O3S. The van der Waals surface area contributed by atoms with Gasteiger partial charge in [-0.2, -0.15) is 15.7 Å². The van der Waals surface area contributed by atoms with Gasteiger partial charge >= 0.3 is 5.69 Å². The third-order valence-corrected chi connectivity index (χ3v) is 3.50. The topological polar surface area (TPSA) is 72.2 Å². The van der Waals surface area contributed by atoms with Crippen LogP contribution in [0, 0.1) is 15.9 Å². The molecule has 2 aromatic rings. The molecule has 0 bridgehead atoms. The maximum absolute atomic E-state index is 13.5. The normalized spacial score (nSPS) is 11.9. The standard InChI is InChI=1S/C13H11FN2O3S/c1-8(10-4-5-20-7-10)15-13(17)9-2-3-12(16(18)19)11(14)6-9/h2-8H,1H3,(H,15,17). The van der Waals surface area contributed by atoms with E-state index in [1.807, 2.05) is 23.8 Å². The smallest absolute Gasteiger partial charge is 0.304 e. The number of thiophene rings is 1. The Morgan fingerprint density at radius 3 is 2.75 bits per heavy atom. The van der Waals surface area contributed by atoms with Crippen molar-refractivity contribution in [1.29, 1.82) is 0 Å². The molecule has 1 aromatic heterocycles. The zero-order valence-corrected chi connectivity index (χ0v) is 11.3. The van der Waals surface area contributed by atoms with Crippen LogP contribution in [-0.4, -0.2) is 10.8 Å². The van der Waals surface area contributed by atoms with Crippen LogP contribution in [0.4, 0.5) is 10.1 Å². The van der Waals surface area contributed by atoms with Gasteiger partial charge in [0.05, 0.1) is 11.0 Å². The van der Waals surface area contributed by atoms with E-state index < -0.39 is 22.3 Å². The number of amides is 1. The predicted octanol–water partition coefficient (Wildman–Crippen LogP) is 3.29. The summed E-state index contributed by atoms with van der Waals surface area (Å²) in [6.07, 6.45) is 0. The lowest BCUT2D eigenvalue weighted by Crippen LogP contribution is -2.26. The van der Waals surface area contributed by atoms with Crippen LogP contribution in [0.5, 0.6) is 0 Å². The second kappa shape index (κ2) is 5.79. The van der Waals surface area contributed by atoms with Crippen LogP contribution in [-0.2, 0) is 0 Å². The molecule has 2 rings (SSSR count). The highest BCUT2D eigenvalue weighted by Crippen LogP contribution is 2.19. The van der Waals surface area contributed by atoms with Gasteiger partial charge in [0.25, 0.3) is 5.91 Å². The lowest BCUT2D eigenvalue weighted by molar-refractivity contribution is -0.387. The van der Waals surface area contributed by atoms with Crippen molar-refractivity contribution in [2.75, 3.05) is 0 Å². The van der Waals surface area contributed by atoms with Crippen molar-refractivity contribution in [2.45, 2.75) is 13.0 Å². The van der Waals surface area contributed by atoms with Gasteiger partial charge in [-0.15, -0.1) is 0 Å². The molecule has 0 saturated carbocycles. The van der Waals surface area contributed by atoms with E-state index in [1.165, 1.54) is 17.4 Å². The molecule has 20 heavy (non-hydrogen) atoms. The predicted molar refractivity (Wildman–Crippen MR) is 73.3 cm³/mol. The molecule has 1 atom stereocenters. The summed E-state index contributed by atoms with van der Waals surface area (Å²) in [5.74, 6) is -1.50. The van der Waals surface area contributed by atoms with Crippen LogP contribution in [0.3, 0.4) is 0 Å². The van der Waals surface area contributed by atoms with E-state index in [0.717, 1.165) is 17.7 Å². The number of hydrogen-bond acceptors (Lipinski definition) is 4. The third-order valence-electron chi connectivity index (χ3n) is 2.80. The van der Waals surface area contributed by atoms with Gasteiger partial charge < -0.3 is 5.32 Å². The van der Waals surface area contributed by atoms with E-state index in [1.54, 1.807) is 0 Å². The second-order valence-electron chi connectivity index (χ2n) is 4.18. The number of halogens is 1. The second-order valence-corrected chi connectivity index (χ2v) is 4.96. The van der Waals surface area contributed by atoms with Crippen molar-refractivity contribution in [3.05, 3.63) is 62.1 Å². The van der Waals surface area contributed by atoms with Crippen LogP contribution in [0.15, 0.2) is 35.0 Å². The molecule has 1 N–H and O–H groups in total. The van der Waals surface area contributed by atoms with Gasteiger partial charge in [0.15, 0.2) is 0 Å². The maximum Gasteiger partial charge on any atom is 0.304 e. The van der Waals surface area contributed by atoms with E-state index >= 15 is 0 Å².